The van der Waals surface area contributed by atoms with Crippen LogP contribution in [0.4, 0.5) is 10.1 Å². The number of hydrogen-bond donors (Lipinski definition) is 2. The summed E-state index contributed by atoms with van der Waals surface area (Å²) in [6.45, 7) is 0.0201. The van der Waals surface area contributed by atoms with Gasteiger partial charge < -0.3 is 5.32 Å². The molecule has 0 spiro atoms. The summed E-state index contributed by atoms with van der Waals surface area (Å²) in [6.07, 6.45) is 0. The summed E-state index contributed by atoms with van der Waals surface area (Å²) < 4.78 is 41.0. The van der Waals surface area contributed by atoms with Crippen molar-refractivity contribution in [3.8, 4) is 0 Å². The first kappa shape index (κ1) is 19.9. The van der Waals surface area contributed by atoms with E-state index in [1.54, 1.807) is 24.3 Å². The predicted molar refractivity (Wildman–Crippen MR) is 106 cm³/mol. The third-order valence-electron chi connectivity index (χ3n) is 3.90. The van der Waals surface area contributed by atoms with Gasteiger partial charge in [0.15, 0.2) is 0 Å². The van der Waals surface area contributed by atoms with E-state index >= 15 is 0 Å². The molecule has 3 rings (SSSR count). The molecule has 0 aliphatic carbocycles. The molecular formula is C20H16ClFN2O3S. The van der Waals surface area contributed by atoms with Crippen molar-refractivity contribution in [1.82, 2.24) is 5.32 Å². The van der Waals surface area contributed by atoms with Crippen molar-refractivity contribution in [2.24, 2.45) is 0 Å². The van der Waals surface area contributed by atoms with Crippen molar-refractivity contribution in [2.75, 3.05) is 4.72 Å². The smallest absolute Gasteiger partial charge is 0.261 e. The minimum atomic E-state index is -3.82. The SMILES string of the molecule is O=C(NCc1ccccc1F)c1cccc(NS(=O)(=O)c2ccc(Cl)cc2)c1. The summed E-state index contributed by atoms with van der Waals surface area (Å²) in [7, 11) is -3.82. The van der Waals surface area contributed by atoms with Crippen LogP contribution in [0.1, 0.15) is 15.9 Å². The molecular weight excluding hydrogens is 403 g/mol. The summed E-state index contributed by atoms with van der Waals surface area (Å²) in [5.41, 5.74) is 0.830. The van der Waals surface area contributed by atoms with Crippen molar-refractivity contribution < 1.29 is 17.6 Å². The van der Waals surface area contributed by atoms with Gasteiger partial charge in [-0.25, -0.2) is 12.8 Å². The third kappa shape index (κ3) is 4.88. The van der Waals surface area contributed by atoms with E-state index in [4.69, 9.17) is 11.6 Å². The number of carbonyl (C=O) groups is 1. The molecule has 1 amide bonds. The second-order valence-corrected chi connectivity index (χ2v) is 8.03. The summed E-state index contributed by atoms with van der Waals surface area (Å²) in [4.78, 5) is 12.4. The Labute approximate surface area is 167 Å². The average Bonchev–Trinajstić information content (AvgIpc) is 2.67. The molecule has 3 aromatic rings. The molecule has 28 heavy (non-hydrogen) atoms. The van der Waals surface area contributed by atoms with Gasteiger partial charge in [0.05, 0.1) is 4.90 Å². The molecule has 0 saturated carbocycles. The van der Waals surface area contributed by atoms with E-state index in [1.165, 1.54) is 48.5 Å². The standard InChI is InChI=1S/C20H16ClFN2O3S/c21-16-8-10-18(11-9-16)28(26,27)24-17-6-3-5-14(12-17)20(25)23-13-15-4-1-2-7-19(15)22/h1-12,24H,13H2,(H,23,25). The fraction of sp³-hybridized carbons (Fsp3) is 0.0500. The maximum absolute atomic E-state index is 13.6. The predicted octanol–water partition coefficient (Wildman–Crippen LogP) is 4.21. The van der Waals surface area contributed by atoms with Gasteiger partial charge >= 0.3 is 0 Å². The molecule has 0 heterocycles. The van der Waals surface area contributed by atoms with Gasteiger partial charge in [-0.05, 0) is 48.5 Å². The summed E-state index contributed by atoms with van der Waals surface area (Å²) >= 11 is 5.78. The van der Waals surface area contributed by atoms with Crippen LogP contribution in [0.15, 0.2) is 77.7 Å². The monoisotopic (exact) mass is 418 g/mol. The van der Waals surface area contributed by atoms with Crippen LogP contribution >= 0.6 is 11.6 Å². The fourth-order valence-corrected chi connectivity index (χ4v) is 3.65. The zero-order chi connectivity index (χ0) is 20.1. The minimum Gasteiger partial charge on any atom is -0.348 e. The lowest BCUT2D eigenvalue weighted by molar-refractivity contribution is 0.0950. The van der Waals surface area contributed by atoms with Crippen molar-refractivity contribution in [3.63, 3.8) is 0 Å². The maximum atomic E-state index is 13.6. The Morgan fingerprint density at radius 2 is 1.68 bits per heavy atom. The first-order valence-corrected chi connectivity index (χ1v) is 10.1. The lowest BCUT2D eigenvalue weighted by Crippen LogP contribution is -2.23. The van der Waals surface area contributed by atoms with Gasteiger partial charge in [0.25, 0.3) is 15.9 Å². The lowest BCUT2D eigenvalue weighted by atomic mass is 10.1. The molecule has 0 aliphatic heterocycles. The van der Waals surface area contributed by atoms with E-state index < -0.39 is 21.7 Å². The van der Waals surface area contributed by atoms with E-state index in [9.17, 15) is 17.6 Å². The highest BCUT2D eigenvalue weighted by molar-refractivity contribution is 7.92. The molecule has 2 N–H and O–H groups in total. The van der Waals surface area contributed by atoms with Gasteiger partial charge in [0.2, 0.25) is 0 Å². The van der Waals surface area contributed by atoms with Crippen LogP contribution in [0.2, 0.25) is 5.02 Å². The Morgan fingerprint density at radius 3 is 2.39 bits per heavy atom. The van der Waals surface area contributed by atoms with Gasteiger partial charge in [-0.1, -0.05) is 35.9 Å². The summed E-state index contributed by atoms with van der Waals surface area (Å²) in [6, 6.07) is 17.9. The number of halogens is 2. The highest BCUT2D eigenvalue weighted by Crippen LogP contribution is 2.19. The number of hydrogen-bond acceptors (Lipinski definition) is 3. The van der Waals surface area contributed by atoms with Crippen LogP contribution < -0.4 is 10.0 Å². The molecule has 3 aromatic carbocycles. The van der Waals surface area contributed by atoms with Crippen molar-refractivity contribution in [2.45, 2.75) is 11.4 Å². The van der Waals surface area contributed by atoms with Crippen molar-refractivity contribution >= 4 is 33.2 Å². The zero-order valence-electron chi connectivity index (χ0n) is 14.5. The van der Waals surface area contributed by atoms with E-state index in [2.05, 4.69) is 10.0 Å². The van der Waals surface area contributed by atoms with Crippen LogP contribution in [-0.4, -0.2) is 14.3 Å². The van der Waals surface area contributed by atoms with Gasteiger partial charge in [-0.2, -0.15) is 0 Å². The van der Waals surface area contributed by atoms with Crippen molar-refractivity contribution in [1.29, 1.82) is 0 Å². The summed E-state index contributed by atoms with van der Waals surface area (Å²) in [5, 5.41) is 3.04. The van der Waals surface area contributed by atoms with Crippen LogP contribution in [0.3, 0.4) is 0 Å². The molecule has 8 heteroatoms. The van der Waals surface area contributed by atoms with E-state index in [0.29, 0.717) is 10.6 Å². The Balaban J connectivity index is 1.72. The topological polar surface area (TPSA) is 75.3 Å². The van der Waals surface area contributed by atoms with E-state index in [0.717, 1.165) is 0 Å². The molecule has 0 fully saturated rings. The minimum absolute atomic E-state index is 0.0201. The second-order valence-electron chi connectivity index (χ2n) is 5.91. The number of benzene rings is 3. The molecule has 0 radical (unpaired) electrons. The molecule has 144 valence electrons. The highest BCUT2D eigenvalue weighted by Gasteiger charge is 2.15. The Bertz CT molecular complexity index is 1100. The Kier molecular flexibility index (Phi) is 5.96. The number of amides is 1. The van der Waals surface area contributed by atoms with Gasteiger partial charge in [-0.3, -0.25) is 9.52 Å². The van der Waals surface area contributed by atoms with Crippen molar-refractivity contribution in [3.05, 3.63) is 94.8 Å². The number of sulfonamides is 1. The van der Waals surface area contributed by atoms with Crippen LogP contribution in [0.25, 0.3) is 0 Å². The number of anilines is 1. The number of nitrogens with one attached hydrogen (secondary N) is 2. The first-order chi connectivity index (χ1) is 13.3. The van der Waals surface area contributed by atoms with Gasteiger partial charge in [0.1, 0.15) is 5.82 Å². The Morgan fingerprint density at radius 1 is 0.964 bits per heavy atom. The molecule has 5 nitrogen and oxygen atoms in total. The molecule has 0 unspecified atom stereocenters. The third-order valence-corrected chi connectivity index (χ3v) is 5.55. The Hall–Kier alpha value is -2.90. The quantitative estimate of drug-likeness (QED) is 0.629. The summed E-state index contributed by atoms with van der Waals surface area (Å²) in [5.74, 6) is -0.858. The first-order valence-electron chi connectivity index (χ1n) is 8.25. The lowest BCUT2D eigenvalue weighted by Gasteiger charge is -2.10. The highest BCUT2D eigenvalue weighted by atomic mass is 35.5. The van der Waals surface area contributed by atoms with Crippen LogP contribution in [0, 0.1) is 5.82 Å². The van der Waals surface area contributed by atoms with Gasteiger partial charge in [0, 0.05) is 28.4 Å². The molecule has 0 aliphatic rings. The van der Waals surface area contributed by atoms with Crippen LogP contribution in [0.5, 0.6) is 0 Å². The molecule has 0 bridgehead atoms. The molecule has 0 atom stereocenters. The maximum Gasteiger partial charge on any atom is 0.261 e. The average molecular weight is 419 g/mol. The second kappa shape index (κ2) is 8.41. The fourth-order valence-electron chi connectivity index (χ4n) is 2.47. The normalized spacial score (nSPS) is 11.1. The van der Waals surface area contributed by atoms with Crippen LogP contribution in [-0.2, 0) is 16.6 Å². The van der Waals surface area contributed by atoms with Gasteiger partial charge in [-0.15, -0.1) is 0 Å². The number of rotatable bonds is 6. The molecule has 0 saturated heterocycles. The van der Waals surface area contributed by atoms with E-state index in [1.807, 2.05) is 0 Å². The molecule has 0 aromatic heterocycles. The largest absolute Gasteiger partial charge is 0.348 e. The number of carbonyl (C=O) groups excluding carboxylic acids is 1. The zero-order valence-corrected chi connectivity index (χ0v) is 16.1. The van der Waals surface area contributed by atoms with E-state index in [-0.39, 0.29) is 22.7 Å².